The molecule has 0 aromatic heterocycles. The number of methoxy groups -OCH3 is 1. The molecule has 0 aliphatic carbocycles. The molecular formula is C18H17IO4. The Kier molecular flexibility index (Phi) is 4.75. The van der Waals surface area contributed by atoms with Crippen LogP contribution in [0.15, 0.2) is 36.4 Å². The smallest absolute Gasteiger partial charge is 0.308 e. The van der Waals surface area contributed by atoms with E-state index < -0.39 is 0 Å². The van der Waals surface area contributed by atoms with E-state index in [1.165, 1.54) is 6.92 Å². The first kappa shape index (κ1) is 16.1. The molecule has 1 aliphatic heterocycles. The predicted molar refractivity (Wildman–Crippen MR) is 95.2 cm³/mol. The highest BCUT2D eigenvalue weighted by Gasteiger charge is 2.28. The highest BCUT2D eigenvalue weighted by Crippen LogP contribution is 2.46. The summed E-state index contributed by atoms with van der Waals surface area (Å²) >= 11 is 2.16. The van der Waals surface area contributed by atoms with Crippen molar-refractivity contribution in [1.29, 1.82) is 0 Å². The van der Waals surface area contributed by atoms with E-state index >= 15 is 0 Å². The molecule has 0 radical (unpaired) electrons. The van der Waals surface area contributed by atoms with Crippen molar-refractivity contribution < 1.29 is 19.0 Å². The Morgan fingerprint density at radius 3 is 2.65 bits per heavy atom. The van der Waals surface area contributed by atoms with Crippen LogP contribution >= 0.6 is 22.6 Å². The van der Waals surface area contributed by atoms with Crippen molar-refractivity contribution in [1.82, 2.24) is 0 Å². The Labute approximate surface area is 148 Å². The Hall–Kier alpha value is -1.76. The summed E-state index contributed by atoms with van der Waals surface area (Å²) in [6, 6.07) is 11.9. The van der Waals surface area contributed by atoms with Gasteiger partial charge in [0.15, 0.2) is 5.75 Å². The monoisotopic (exact) mass is 424 g/mol. The van der Waals surface area contributed by atoms with Gasteiger partial charge in [-0.05, 0) is 41.0 Å². The van der Waals surface area contributed by atoms with Crippen molar-refractivity contribution in [2.75, 3.05) is 7.11 Å². The van der Waals surface area contributed by atoms with E-state index in [4.69, 9.17) is 14.2 Å². The second kappa shape index (κ2) is 6.78. The fourth-order valence-corrected chi connectivity index (χ4v) is 3.49. The van der Waals surface area contributed by atoms with Gasteiger partial charge in [0.25, 0.3) is 0 Å². The van der Waals surface area contributed by atoms with E-state index in [9.17, 15) is 4.79 Å². The van der Waals surface area contributed by atoms with Crippen molar-refractivity contribution in [2.45, 2.75) is 25.9 Å². The largest absolute Gasteiger partial charge is 0.496 e. The minimum Gasteiger partial charge on any atom is -0.496 e. The third-order valence-corrected chi connectivity index (χ3v) is 4.83. The Bertz CT molecular complexity index is 728. The van der Waals surface area contributed by atoms with Gasteiger partial charge >= 0.3 is 5.97 Å². The second-order valence-electron chi connectivity index (χ2n) is 5.35. The average Bonchev–Trinajstić information content (AvgIpc) is 2.57. The molecule has 0 amide bonds. The lowest BCUT2D eigenvalue weighted by Crippen LogP contribution is -2.17. The summed E-state index contributed by atoms with van der Waals surface area (Å²) in [5.41, 5.74) is 2.17. The minimum absolute atomic E-state index is 0.00509. The lowest BCUT2D eigenvalue weighted by atomic mass is 9.96. The maximum absolute atomic E-state index is 11.3. The van der Waals surface area contributed by atoms with Crippen LogP contribution in [-0.4, -0.2) is 13.1 Å². The van der Waals surface area contributed by atoms with Gasteiger partial charge in [-0.15, -0.1) is 0 Å². The maximum Gasteiger partial charge on any atom is 0.308 e. The van der Waals surface area contributed by atoms with E-state index in [0.717, 1.165) is 33.3 Å². The minimum atomic E-state index is -0.361. The van der Waals surface area contributed by atoms with Crippen LogP contribution in [0.2, 0.25) is 0 Å². The van der Waals surface area contributed by atoms with Gasteiger partial charge in [-0.3, -0.25) is 4.79 Å². The first-order valence-corrected chi connectivity index (χ1v) is 8.47. The molecule has 0 N–H and O–H groups in total. The molecule has 0 saturated carbocycles. The molecule has 1 heterocycles. The summed E-state index contributed by atoms with van der Waals surface area (Å²) in [7, 11) is 1.61. The predicted octanol–water partition coefficient (Wildman–Crippen LogP) is 4.29. The van der Waals surface area contributed by atoms with Crippen LogP contribution in [0.5, 0.6) is 17.2 Å². The molecule has 4 nitrogen and oxygen atoms in total. The van der Waals surface area contributed by atoms with Crippen molar-refractivity contribution in [3.63, 3.8) is 0 Å². The number of hydrogen-bond acceptors (Lipinski definition) is 4. The zero-order valence-corrected chi connectivity index (χ0v) is 15.1. The first-order valence-electron chi connectivity index (χ1n) is 7.39. The third-order valence-electron chi connectivity index (χ3n) is 3.81. The van der Waals surface area contributed by atoms with Crippen molar-refractivity contribution in [3.05, 3.63) is 51.1 Å². The SMILES string of the molecule is COc1cc(OC(C)=O)c(I)c2c1CC[C@@H](c1ccccc1)O2. The van der Waals surface area contributed by atoms with E-state index in [1.54, 1.807) is 13.2 Å². The van der Waals surface area contributed by atoms with E-state index in [2.05, 4.69) is 34.7 Å². The summed E-state index contributed by atoms with van der Waals surface area (Å²) in [5, 5.41) is 0. The lowest BCUT2D eigenvalue weighted by molar-refractivity contribution is -0.131. The van der Waals surface area contributed by atoms with Crippen LogP contribution in [0, 0.1) is 3.57 Å². The lowest BCUT2D eigenvalue weighted by Gasteiger charge is -2.29. The Balaban J connectivity index is 2.01. The molecule has 2 aromatic carbocycles. The highest BCUT2D eigenvalue weighted by atomic mass is 127. The van der Waals surface area contributed by atoms with Gasteiger partial charge in [0, 0.05) is 18.6 Å². The third kappa shape index (κ3) is 3.29. The van der Waals surface area contributed by atoms with Crippen molar-refractivity contribution >= 4 is 28.6 Å². The van der Waals surface area contributed by atoms with Crippen LogP contribution < -0.4 is 14.2 Å². The van der Waals surface area contributed by atoms with Gasteiger partial charge in [-0.2, -0.15) is 0 Å². The van der Waals surface area contributed by atoms with Gasteiger partial charge in [0.2, 0.25) is 0 Å². The van der Waals surface area contributed by atoms with Crippen LogP contribution in [0.3, 0.4) is 0 Å². The van der Waals surface area contributed by atoms with Crippen molar-refractivity contribution in [3.8, 4) is 17.2 Å². The van der Waals surface area contributed by atoms with Crippen molar-refractivity contribution in [2.24, 2.45) is 0 Å². The number of benzene rings is 2. The number of rotatable bonds is 3. The number of ether oxygens (including phenoxy) is 3. The number of halogens is 1. The fraction of sp³-hybridized carbons (Fsp3) is 0.278. The molecule has 0 saturated heterocycles. The van der Waals surface area contributed by atoms with Crippen LogP contribution in [0.4, 0.5) is 0 Å². The van der Waals surface area contributed by atoms with Crippen LogP contribution in [0.25, 0.3) is 0 Å². The van der Waals surface area contributed by atoms with Crippen LogP contribution in [0.1, 0.15) is 30.6 Å². The highest BCUT2D eigenvalue weighted by molar-refractivity contribution is 14.1. The van der Waals surface area contributed by atoms with Gasteiger partial charge in [0.05, 0.1) is 10.7 Å². The molecular weight excluding hydrogens is 407 g/mol. The number of carbonyl (C=O) groups excluding carboxylic acids is 1. The number of esters is 1. The standard InChI is InChI=1S/C18H17IO4/c1-11(20)22-16-10-15(21-2)13-8-9-14(23-18(13)17(16)19)12-6-4-3-5-7-12/h3-7,10,14H,8-9H2,1-2H3/t14-/m0/s1. The van der Waals surface area contributed by atoms with E-state index in [0.29, 0.717) is 11.5 Å². The quantitative estimate of drug-likeness (QED) is 0.419. The van der Waals surface area contributed by atoms with Crippen LogP contribution in [-0.2, 0) is 11.2 Å². The van der Waals surface area contributed by atoms with Gasteiger partial charge in [0.1, 0.15) is 17.6 Å². The molecule has 0 spiro atoms. The molecule has 3 rings (SSSR count). The molecule has 5 heteroatoms. The molecule has 0 fully saturated rings. The molecule has 2 aromatic rings. The molecule has 0 unspecified atom stereocenters. The fourth-order valence-electron chi connectivity index (χ4n) is 2.78. The topological polar surface area (TPSA) is 44.8 Å². The molecule has 23 heavy (non-hydrogen) atoms. The van der Waals surface area contributed by atoms with Gasteiger partial charge in [-0.1, -0.05) is 30.3 Å². The van der Waals surface area contributed by atoms with Gasteiger partial charge < -0.3 is 14.2 Å². The maximum atomic E-state index is 11.3. The van der Waals surface area contributed by atoms with Gasteiger partial charge in [-0.25, -0.2) is 0 Å². The summed E-state index contributed by atoms with van der Waals surface area (Å²) in [5.74, 6) is 1.56. The summed E-state index contributed by atoms with van der Waals surface area (Å²) in [4.78, 5) is 11.3. The molecule has 0 bridgehead atoms. The number of hydrogen-bond donors (Lipinski definition) is 0. The summed E-state index contributed by atoms with van der Waals surface area (Å²) < 4.78 is 17.8. The Morgan fingerprint density at radius 1 is 1.26 bits per heavy atom. The van der Waals surface area contributed by atoms with E-state index in [1.807, 2.05) is 18.2 Å². The normalized spacial score (nSPS) is 16.2. The zero-order valence-electron chi connectivity index (χ0n) is 13.0. The zero-order chi connectivity index (χ0) is 16.4. The second-order valence-corrected chi connectivity index (χ2v) is 6.43. The average molecular weight is 424 g/mol. The number of carbonyl (C=O) groups is 1. The number of fused-ring (bicyclic) bond motifs is 1. The van der Waals surface area contributed by atoms with E-state index in [-0.39, 0.29) is 12.1 Å². The molecule has 120 valence electrons. The molecule has 1 atom stereocenters. The first-order chi connectivity index (χ1) is 11.1. The Morgan fingerprint density at radius 2 is 2.00 bits per heavy atom. The summed E-state index contributed by atoms with van der Waals surface area (Å²) in [6.07, 6.45) is 1.74. The molecule has 1 aliphatic rings. The summed E-state index contributed by atoms with van der Waals surface area (Å²) in [6.45, 7) is 1.38.